The van der Waals surface area contributed by atoms with Crippen molar-refractivity contribution in [3.05, 3.63) is 50.3 Å². The molecule has 0 unspecified atom stereocenters. The molecule has 2 aromatic rings. The minimum Gasteiger partial charge on any atom is -0.400 e. The van der Waals surface area contributed by atoms with Crippen LogP contribution in [0.2, 0.25) is 10.0 Å². The zero-order valence-corrected chi connectivity index (χ0v) is 13.6. The Morgan fingerprint density at radius 3 is 2.96 bits per heavy atom. The number of hydrogen-bond acceptors (Lipinski definition) is 7. The van der Waals surface area contributed by atoms with Crippen molar-refractivity contribution in [3.8, 4) is 0 Å². The van der Waals surface area contributed by atoms with Gasteiger partial charge in [0.25, 0.3) is 0 Å². The van der Waals surface area contributed by atoms with E-state index in [1.807, 2.05) is 0 Å². The third kappa shape index (κ3) is 5.23. The minimum absolute atomic E-state index is 0.0317. The Morgan fingerprint density at radius 2 is 2.30 bits per heavy atom. The molecule has 8 nitrogen and oxygen atoms in total. The van der Waals surface area contributed by atoms with Crippen LogP contribution < -0.4 is 5.43 Å². The fraction of sp³-hybridized carbons (Fsp3) is 0.0833. The largest absolute Gasteiger partial charge is 0.433 e. The zero-order chi connectivity index (χ0) is 16.8. The molecular weight excluding hydrogens is 367 g/mol. The predicted octanol–water partition coefficient (Wildman–Crippen LogP) is 3.13. The van der Waals surface area contributed by atoms with E-state index < -0.39 is 16.7 Å². The van der Waals surface area contributed by atoms with Gasteiger partial charge in [0.1, 0.15) is 9.95 Å². The number of hydrogen-bond donors (Lipinski definition) is 1. The van der Waals surface area contributed by atoms with E-state index >= 15 is 0 Å². The van der Waals surface area contributed by atoms with E-state index in [1.165, 1.54) is 24.4 Å². The van der Waals surface area contributed by atoms with Crippen LogP contribution in [0.1, 0.15) is 5.76 Å². The van der Waals surface area contributed by atoms with E-state index in [2.05, 4.69) is 15.5 Å². The molecule has 0 bridgehead atoms. The summed E-state index contributed by atoms with van der Waals surface area (Å²) in [6, 6.07) is 4.07. The second-order valence-electron chi connectivity index (χ2n) is 3.96. The Hall–Kier alpha value is -2.10. The zero-order valence-electron chi connectivity index (χ0n) is 11.2. The lowest BCUT2D eigenvalue weighted by molar-refractivity contribution is -0.402. The predicted molar refractivity (Wildman–Crippen MR) is 86.1 cm³/mol. The van der Waals surface area contributed by atoms with E-state index in [9.17, 15) is 14.9 Å². The SMILES string of the molecule is O=C(CSc1ncc(Cl)cc1Cl)N/N=C/c1ccc([N+](=O)[O-])o1. The molecule has 1 amide bonds. The van der Waals surface area contributed by atoms with Gasteiger partial charge >= 0.3 is 5.88 Å². The molecule has 11 heteroatoms. The summed E-state index contributed by atoms with van der Waals surface area (Å²) in [7, 11) is 0. The molecule has 0 aromatic carbocycles. The highest BCUT2D eigenvalue weighted by molar-refractivity contribution is 8.00. The first kappa shape index (κ1) is 17.3. The molecule has 0 radical (unpaired) electrons. The Kier molecular flexibility index (Phi) is 5.97. The quantitative estimate of drug-likeness (QED) is 0.359. The number of carbonyl (C=O) groups is 1. The molecule has 0 atom stereocenters. The first-order valence-corrected chi connectivity index (χ1v) is 7.70. The third-order valence-electron chi connectivity index (χ3n) is 2.29. The van der Waals surface area contributed by atoms with Gasteiger partial charge in [-0.1, -0.05) is 35.0 Å². The molecule has 2 rings (SSSR count). The highest BCUT2D eigenvalue weighted by Gasteiger charge is 2.10. The van der Waals surface area contributed by atoms with Crippen molar-refractivity contribution in [2.75, 3.05) is 5.75 Å². The van der Waals surface area contributed by atoms with E-state index in [1.54, 1.807) is 0 Å². The summed E-state index contributed by atoms with van der Waals surface area (Å²) < 4.78 is 4.84. The number of nitro groups is 1. The first-order valence-electron chi connectivity index (χ1n) is 5.95. The lowest BCUT2D eigenvalue weighted by atomic mass is 10.5. The number of hydrazone groups is 1. The van der Waals surface area contributed by atoms with Crippen LogP contribution in [-0.4, -0.2) is 27.8 Å². The monoisotopic (exact) mass is 374 g/mol. The topological polar surface area (TPSA) is 111 Å². The van der Waals surface area contributed by atoms with Crippen LogP contribution >= 0.6 is 35.0 Å². The Labute approximate surface area is 144 Å². The number of carbonyl (C=O) groups excluding carboxylic acids is 1. The Bertz CT molecular complexity index is 765. The van der Waals surface area contributed by atoms with Gasteiger partial charge in [0, 0.05) is 6.20 Å². The second kappa shape index (κ2) is 7.95. The van der Waals surface area contributed by atoms with Crippen molar-refractivity contribution < 1.29 is 14.1 Å². The van der Waals surface area contributed by atoms with Crippen molar-refractivity contribution in [3.63, 3.8) is 0 Å². The van der Waals surface area contributed by atoms with Gasteiger partial charge in [-0.05, 0) is 12.1 Å². The molecule has 0 saturated heterocycles. The molecule has 0 aliphatic rings. The van der Waals surface area contributed by atoms with Gasteiger partial charge in [-0.2, -0.15) is 5.10 Å². The molecule has 0 fully saturated rings. The number of pyridine rings is 1. The molecule has 0 spiro atoms. The molecule has 1 N–H and O–H groups in total. The van der Waals surface area contributed by atoms with E-state index in [0.717, 1.165) is 18.0 Å². The van der Waals surface area contributed by atoms with Crippen LogP contribution in [0.15, 0.2) is 38.9 Å². The van der Waals surface area contributed by atoms with Gasteiger partial charge in [0.05, 0.1) is 28.1 Å². The second-order valence-corrected chi connectivity index (χ2v) is 5.76. The summed E-state index contributed by atoms with van der Waals surface area (Å²) in [5.41, 5.74) is 2.25. The van der Waals surface area contributed by atoms with Crippen LogP contribution in [0.25, 0.3) is 0 Å². The number of nitrogens with one attached hydrogen (secondary N) is 1. The number of rotatable bonds is 6. The van der Waals surface area contributed by atoms with E-state index in [0.29, 0.717) is 15.1 Å². The van der Waals surface area contributed by atoms with Crippen molar-refractivity contribution in [1.82, 2.24) is 10.4 Å². The minimum atomic E-state index is -0.671. The maximum absolute atomic E-state index is 11.6. The van der Waals surface area contributed by atoms with Crippen LogP contribution in [0.5, 0.6) is 0 Å². The van der Waals surface area contributed by atoms with Crippen molar-refractivity contribution in [2.45, 2.75) is 5.03 Å². The Balaban J connectivity index is 1.82. The van der Waals surface area contributed by atoms with Crippen molar-refractivity contribution in [1.29, 1.82) is 0 Å². The number of thioether (sulfide) groups is 1. The standard InChI is InChI=1S/C12H8Cl2N4O4S/c13-7-3-9(14)12(15-4-7)23-6-10(19)17-16-5-8-1-2-11(22-8)18(20)21/h1-5H,6H2,(H,17,19)/b16-5+. The molecule has 0 aliphatic carbocycles. The van der Waals surface area contributed by atoms with Gasteiger partial charge in [-0.15, -0.1) is 0 Å². The molecule has 2 heterocycles. The molecule has 0 aliphatic heterocycles. The summed E-state index contributed by atoms with van der Waals surface area (Å²) in [4.78, 5) is 25.4. The van der Waals surface area contributed by atoms with Crippen molar-refractivity contribution >= 4 is 53.0 Å². The highest BCUT2D eigenvalue weighted by atomic mass is 35.5. The number of nitrogens with zero attached hydrogens (tertiary/aromatic N) is 3. The van der Waals surface area contributed by atoms with Gasteiger partial charge in [0.15, 0.2) is 5.76 Å². The van der Waals surface area contributed by atoms with Crippen molar-refractivity contribution in [2.24, 2.45) is 5.10 Å². The molecule has 120 valence electrons. The summed E-state index contributed by atoms with van der Waals surface area (Å²) in [6.07, 6.45) is 2.58. The maximum atomic E-state index is 11.6. The number of halogens is 2. The normalized spacial score (nSPS) is 10.9. The summed E-state index contributed by atoms with van der Waals surface area (Å²) >= 11 is 12.8. The maximum Gasteiger partial charge on any atom is 0.433 e. The lowest BCUT2D eigenvalue weighted by Crippen LogP contribution is -2.19. The van der Waals surface area contributed by atoms with Crippen LogP contribution in [0.3, 0.4) is 0 Å². The molecular formula is C12H8Cl2N4O4S. The van der Waals surface area contributed by atoms with Gasteiger partial charge in [-0.3, -0.25) is 14.9 Å². The van der Waals surface area contributed by atoms with Crippen LogP contribution in [0, 0.1) is 10.1 Å². The molecule has 0 saturated carbocycles. The van der Waals surface area contributed by atoms with Crippen LogP contribution in [0.4, 0.5) is 5.88 Å². The fourth-order valence-electron chi connectivity index (χ4n) is 1.35. The summed E-state index contributed by atoms with van der Waals surface area (Å²) in [5, 5.41) is 15.3. The number of amides is 1. The van der Waals surface area contributed by atoms with Crippen LogP contribution in [-0.2, 0) is 4.79 Å². The van der Waals surface area contributed by atoms with E-state index in [-0.39, 0.29) is 11.5 Å². The summed E-state index contributed by atoms with van der Waals surface area (Å²) in [6.45, 7) is 0. The first-order chi connectivity index (χ1) is 11.0. The molecule has 2 aromatic heterocycles. The Morgan fingerprint density at radius 1 is 1.52 bits per heavy atom. The average molecular weight is 375 g/mol. The van der Waals surface area contributed by atoms with E-state index in [4.69, 9.17) is 27.6 Å². The summed E-state index contributed by atoms with van der Waals surface area (Å²) in [5.74, 6) is -0.631. The smallest absolute Gasteiger partial charge is 0.400 e. The van der Waals surface area contributed by atoms with Gasteiger partial charge in [0.2, 0.25) is 5.91 Å². The van der Waals surface area contributed by atoms with Gasteiger partial charge < -0.3 is 4.42 Å². The lowest BCUT2D eigenvalue weighted by Gasteiger charge is -2.02. The molecule has 23 heavy (non-hydrogen) atoms. The fourth-order valence-corrected chi connectivity index (χ4v) is 2.55. The highest BCUT2D eigenvalue weighted by Crippen LogP contribution is 2.26. The average Bonchev–Trinajstić information content (AvgIpc) is 2.95. The number of aromatic nitrogens is 1. The van der Waals surface area contributed by atoms with Gasteiger partial charge in [-0.25, -0.2) is 10.4 Å². The third-order valence-corrected chi connectivity index (χ3v) is 3.90. The number of furan rings is 1.